The number of nitrogens with one attached hydrogen (secondary N) is 2. The molecule has 10 heteroatoms. The van der Waals surface area contributed by atoms with Gasteiger partial charge in [0.2, 0.25) is 0 Å². The maximum Gasteiger partial charge on any atom is 0.419 e. The zero-order valence-corrected chi connectivity index (χ0v) is 21.5. The van der Waals surface area contributed by atoms with Crippen molar-refractivity contribution in [1.29, 1.82) is 0 Å². The Morgan fingerprint density at radius 1 is 1.05 bits per heavy atom. The van der Waals surface area contributed by atoms with Crippen molar-refractivity contribution in [3.8, 4) is 11.5 Å². The number of carbonyl (C=O) groups excluding carboxylic acids is 1. The topological polar surface area (TPSA) is 62.8 Å². The molecule has 2 saturated carbocycles. The number of likely N-dealkylation sites (tertiary alicyclic amines) is 1. The molecule has 206 valence electrons. The monoisotopic (exact) mass is 535 g/mol. The maximum atomic E-state index is 13.6. The first-order valence-corrected chi connectivity index (χ1v) is 13.0. The number of anilines is 1. The van der Waals surface area contributed by atoms with Gasteiger partial charge in [-0.15, -0.1) is 0 Å². The molecule has 6 nitrogen and oxygen atoms in total. The number of hydrogen-bond acceptors (Lipinski definition) is 4. The van der Waals surface area contributed by atoms with E-state index in [1.165, 1.54) is 18.4 Å². The summed E-state index contributed by atoms with van der Waals surface area (Å²) in [6, 6.07) is 8.05. The second kappa shape index (κ2) is 10.3. The number of alkyl halides is 3. The number of carbonyl (C=O) groups is 1. The van der Waals surface area contributed by atoms with Crippen LogP contribution in [0.5, 0.6) is 11.5 Å². The number of halogens is 4. The third-order valence-corrected chi connectivity index (χ3v) is 8.38. The fourth-order valence-electron chi connectivity index (χ4n) is 6.28. The van der Waals surface area contributed by atoms with Crippen molar-refractivity contribution in [3.05, 3.63) is 53.3 Å². The Morgan fingerprint density at radius 2 is 1.82 bits per heavy atom. The van der Waals surface area contributed by atoms with Crippen LogP contribution in [0.3, 0.4) is 0 Å². The molecule has 1 heterocycles. The Balaban J connectivity index is 1.32. The van der Waals surface area contributed by atoms with Crippen molar-refractivity contribution in [3.63, 3.8) is 0 Å². The Morgan fingerprint density at radius 3 is 2.50 bits per heavy atom. The third kappa shape index (κ3) is 5.28. The van der Waals surface area contributed by atoms with Crippen molar-refractivity contribution in [1.82, 2.24) is 10.2 Å². The van der Waals surface area contributed by atoms with E-state index < -0.39 is 23.6 Å². The molecule has 0 spiro atoms. The molecule has 2 amide bonds. The van der Waals surface area contributed by atoms with Crippen LogP contribution in [-0.4, -0.2) is 50.3 Å². The van der Waals surface area contributed by atoms with Crippen molar-refractivity contribution < 1.29 is 31.8 Å². The lowest BCUT2D eigenvalue weighted by atomic mass is 9.65. The number of rotatable bonds is 7. The Hall–Kier alpha value is -3.01. The molecule has 0 aromatic heterocycles. The Labute approximate surface area is 219 Å². The number of hydrogen-bond donors (Lipinski definition) is 2. The maximum absolute atomic E-state index is 13.6. The molecule has 3 fully saturated rings. The predicted molar refractivity (Wildman–Crippen MR) is 135 cm³/mol. The van der Waals surface area contributed by atoms with Crippen LogP contribution in [0.15, 0.2) is 36.4 Å². The summed E-state index contributed by atoms with van der Waals surface area (Å²) in [6.45, 7) is 2.01. The summed E-state index contributed by atoms with van der Waals surface area (Å²) in [7, 11) is 3.24. The molecule has 0 unspecified atom stereocenters. The van der Waals surface area contributed by atoms with Gasteiger partial charge in [0.15, 0.2) is 11.5 Å². The van der Waals surface area contributed by atoms with Crippen molar-refractivity contribution in [2.24, 2.45) is 5.92 Å². The Kier molecular flexibility index (Phi) is 7.19. The lowest BCUT2D eigenvalue weighted by molar-refractivity contribution is -0.139. The fraction of sp³-hybridized carbons (Fsp3) is 0.536. The van der Waals surface area contributed by atoms with Gasteiger partial charge in [0.05, 0.1) is 19.8 Å². The van der Waals surface area contributed by atoms with Crippen LogP contribution in [0.4, 0.5) is 28.0 Å². The minimum Gasteiger partial charge on any atom is -0.493 e. The molecule has 38 heavy (non-hydrogen) atoms. The number of benzene rings is 2. The van der Waals surface area contributed by atoms with Crippen molar-refractivity contribution in [2.45, 2.75) is 62.2 Å². The van der Waals surface area contributed by atoms with E-state index in [-0.39, 0.29) is 23.2 Å². The summed E-state index contributed by atoms with van der Waals surface area (Å²) in [5.74, 6) is 0.711. The van der Waals surface area contributed by atoms with Crippen molar-refractivity contribution in [2.75, 3.05) is 32.6 Å². The average Bonchev–Trinajstić information content (AvgIpc) is 3.64. The molecule has 3 atom stereocenters. The highest BCUT2D eigenvalue weighted by Crippen LogP contribution is 2.51. The van der Waals surface area contributed by atoms with Gasteiger partial charge in [0.1, 0.15) is 5.82 Å². The average molecular weight is 536 g/mol. The molecule has 2 N–H and O–H groups in total. The summed E-state index contributed by atoms with van der Waals surface area (Å²) in [5, 5.41) is 5.41. The van der Waals surface area contributed by atoms with E-state index in [1.54, 1.807) is 14.2 Å². The van der Waals surface area contributed by atoms with Crippen LogP contribution in [0.25, 0.3) is 0 Å². The molecule has 0 bridgehead atoms. The van der Waals surface area contributed by atoms with Gasteiger partial charge in [-0.2, -0.15) is 13.2 Å². The van der Waals surface area contributed by atoms with Crippen LogP contribution in [0.2, 0.25) is 0 Å². The van der Waals surface area contributed by atoms with E-state index in [9.17, 15) is 22.4 Å². The molecule has 1 aliphatic heterocycles. The van der Waals surface area contributed by atoms with E-state index in [4.69, 9.17) is 9.47 Å². The van der Waals surface area contributed by atoms with Gasteiger partial charge < -0.3 is 20.1 Å². The van der Waals surface area contributed by atoms with Crippen LogP contribution >= 0.6 is 0 Å². The quantitative estimate of drug-likeness (QED) is 0.430. The first kappa shape index (κ1) is 26.6. The van der Waals surface area contributed by atoms with Gasteiger partial charge >= 0.3 is 12.2 Å². The number of ether oxygens (including phenoxy) is 2. The van der Waals surface area contributed by atoms with Crippen LogP contribution in [0, 0.1) is 11.7 Å². The second-order valence-electron chi connectivity index (χ2n) is 10.7. The smallest absolute Gasteiger partial charge is 0.419 e. The van der Waals surface area contributed by atoms with Crippen molar-refractivity contribution >= 4 is 11.7 Å². The summed E-state index contributed by atoms with van der Waals surface area (Å²) >= 11 is 0. The summed E-state index contributed by atoms with van der Waals surface area (Å²) in [6.07, 6.45) is 0.964. The lowest BCUT2D eigenvalue weighted by Gasteiger charge is -2.45. The van der Waals surface area contributed by atoms with Gasteiger partial charge in [0, 0.05) is 29.7 Å². The highest BCUT2D eigenvalue weighted by Gasteiger charge is 2.52. The fourth-order valence-corrected chi connectivity index (χ4v) is 6.28. The largest absolute Gasteiger partial charge is 0.493 e. The van der Waals surface area contributed by atoms with E-state index >= 15 is 0 Å². The summed E-state index contributed by atoms with van der Waals surface area (Å²) < 4.78 is 63.9. The molecule has 1 saturated heterocycles. The zero-order chi connectivity index (χ0) is 27.1. The minimum absolute atomic E-state index is 0.0817. The molecular weight excluding hydrogens is 502 g/mol. The third-order valence-electron chi connectivity index (χ3n) is 8.38. The van der Waals surface area contributed by atoms with Gasteiger partial charge in [-0.05, 0) is 86.9 Å². The predicted octanol–water partition coefficient (Wildman–Crippen LogP) is 5.96. The molecular formula is C28H33F4N3O3. The van der Waals surface area contributed by atoms with E-state index in [0.29, 0.717) is 29.5 Å². The minimum atomic E-state index is -4.84. The highest BCUT2D eigenvalue weighted by molar-refractivity contribution is 5.89. The summed E-state index contributed by atoms with van der Waals surface area (Å²) in [4.78, 5) is 15.3. The number of methoxy groups -OCH3 is 2. The molecule has 2 aromatic carbocycles. The highest BCUT2D eigenvalue weighted by atomic mass is 19.4. The van der Waals surface area contributed by atoms with E-state index in [2.05, 4.69) is 27.7 Å². The van der Waals surface area contributed by atoms with Crippen LogP contribution in [0.1, 0.15) is 49.7 Å². The molecule has 5 rings (SSSR count). The second-order valence-corrected chi connectivity index (χ2v) is 10.7. The zero-order valence-electron chi connectivity index (χ0n) is 21.5. The molecule has 0 radical (unpaired) electrons. The van der Waals surface area contributed by atoms with E-state index in [0.717, 1.165) is 44.8 Å². The normalized spacial score (nSPS) is 25.5. The van der Waals surface area contributed by atoms with Crippen LogP contribution in [-0.2, 0) is 11.6 Å². The number of nitrogens with zero attached hydrogens (tertiary/aromatic N) is 1. The van der Waals surface area contributed by atoms with Gasteiger partial charge in [-0.3, -0.25) is 4.90 Å². The van der Waals surface area contributed by atoms with Gasteiger partial charge in [-0.25, -0.2) is 9.18 Å². The summed E-state index contributed by atoms with van der Waals surface area (Å²) in [5.41, 5.74) is -0.397. The van der Waals surface area contributed by atoms with Crippen LogP contribution < -0.4 is 20.1 Å². The molecule has 2 aromatic rings. The number of urea groups is 1. The first-order chi connectivity index (χ1) is 18.1. The molecule has 3 aliphatic rings. The standard InChI is InChI=1S/C28H33F4N3O3/c1-37-23-8-5-18(13-24(23)38-2)27-10-9-20(15-25(27)35(12-11-27)16-17-3-4-17)34-26(36)33-19-6-7-22(29)21(14-19)28(30,31)32/h5-8,13-14,17,20,25H,3-4,9-12,15-16H2,1-2H3,(H2,33,34,36)/t20-,25+,27-/m0/s1. The number of amides is 2. The van der Waals surface area contributed by atoms with Gasteiger partial charge in [-0.1, -0.05) is 6.07 Å². The SMILES string of the molecule is COc1ccc([C@@]23CC[C@H](NC(=O)Nc4ccc(F)c(C(F)(F)F)c4)C[C@H]2N(CC2CC2)CC3)cc1OC. The lowest BCUT2D eigenvalue weighted by Crippen LogP contribution is -2.53. The first-order valence-electron chi connectivity index (χ1n) is 13.0. The van der Waals surface area contributed by atoms with Gasteiger partial charge in [0.25, 0.3) is 0 Å². The number of fused-ring (bicyclic) bond motifs is 1. The molecule has 2 aliphatic carbocycles. The Bertz CT molecular complexity index is 1190. The van der Waals surface area contributed by atoms with E-state index in [1.807, 2.05) is 6.07 Å².